The first kappa shape index (κ1) is 10.5. The Morgan fingerprint density at radius 3 is 2.94 bits per heavy atom. The Bertz CT molecular complexity index is 603. The number of hydrogen-bond donors (Lipinski definition) is 1. The van der Waals surface area contributed by atoms with Crippen molar-refractivity contribution in [3.63, 3.8) is 0 Å². The number of rotatable bonds is 1. The van der Waals surface area contributed by atoms with Gasteiger partial charge >= 0.3 is 0 Å². The molecule has 0 fully saturated rings. The fourth-order valence-electron chi connectivity index (χ4n) is 1.98. The molecule has 1 amide bonds. The lowest BCUT2D eigenvalue weighted by Gasteiger charge is -2.05. The molecule has 3 heterocycles. The van der Waals surface area contributed by atoms with Gasteiger partial charge in [0.2, 0.25) is 0 Å². The monoisotopic (exact) mass is 292 g/mol. The largest absolute Gasteiger partial charge is 0.346 e. The third kappa shape index (κ3) is 1.56. The van der Waals surface area contributed by atoms with E-state index in [1.165, 1.54) is 0 Å². The fraction of sp³-hybridized carbons (Fsp3) is 0.182. The number of fused-ring (bicyclic) bond motifs is 1. The molecule has 6 heteroatoms. The molecule has 0 saturated heterocycles. The number of aromatic nitrogens is 3. The number of hydrogen-bond acceptors (Lipinski definition) is 3. The van der Waals surface area contributed by atoms with E-state index in [4.69, 9.17) is 0 Å². The zero-order valence-electron chi connectivity index (χ0n) is 9.07. The highest BCUT2D eigenvalue weighted by atomic mass is 79.9. The topological polar surface area (TPSA) is 59.8 Å². The van der Waals surface area contributed by atoms with Crippen molar-refractivity contribution in [2.24, 2.45) is 0 Å². The lowest BCUT2D eigenvalue weighted by atomic mass is 10.2. The Hall–Kier alpha value is -1.69. The predicted octanol–water partition coefficient (Wildman–Crippen LogP) is 1.58. The number of halogens is 1. The van der Waals surface area contributed by atoms with Gasteiger partial charge in [0.25, 0.3) is 5.91 Å². The van der Waals surface area contributed by atoms with Gasteiger partial charge in [-0.1, -0.05) is 0 Å². The summed E-state index contributed by atoms with van der Waals surface area (Å²) in [6.45, 7) is 2.39. The third-order valence-corrected chi connectivity index (χ3v) is 3.26. The Morgan fingerprint density at radius 1 is 1.47 bits per heavy atom. The van der Waals surface area contributed by atoms with Crippen LogP contribution >= 0.6 is 15.9 Å². The van der Waals surface area contributed by atoms with E-state index in [1.807, 2.05) is 19.1 Å². The number of carbonyl (C=O) groups is 1. The molecule has 0 saturated carbocycles. The maximum Gasteiger partial charge on any atom is 0.255 e. The van der Waals surface area contributed by atoms with Gasteiger partial charge in [0, 0.05) is 0 Å². The van der Waals surface area contributed by atoms with Gasteiger partial charge in [0.15, 0.2) is 0 Å². The zero-order valence-corrected chi connectivity index (χ0v) is 10.7. The van der Waals surface area contributed by atoms with E-state index in [-0.39, 0.29) is 5.91 Å². The lowest BCUT2D eigenvalue weighted by Crippen LogP contribution is -2.15. The van der Waals surface area contributed by atoms with Gasteiger partial charge in [-0.25, -0.2) is 9.67 Å². The molecule has 3 rings (SSSR count). The summed E-state index contributed by atoms with van der Waals surface area (Å²) >= 11 is 3.29. The van der Waals surface area contributed by atoms with Gasteiger partial charge in [0.05, 0.1) is 35.4 Å². The molecule has 0 radical (unpaired) electrons. The summed E-state index contributed by atoms with van der Waals surface area (Å²) in [5.41, 5.74) is 3.19. The van der Waals surface area contributed by atoms with Crippen LogP contribution in [0.4, 0.5) is 0 Å². The third-order valence-electron chi connectivity index (χ3n) is 2.79. The lowest BCUT2D eigenvalue weighted by molar-refractivity contribution is 0.0964. The molecular formula is C11H9BrN4O. The summed E-state index contributed by atoms with van der Waals surface area (Å²) in [6.07, 6.45) is 1.72. The first-order chi connectivity index (χ1) is 8.16. The van der Waals surface area contributed by atoms with E-state index in [2.05, 4.69) is 31.3 Å². The highest BCUT2D eigenvalue weighted by Gasteiger charge is 2.26. The summed E-state index contributed by atoms with van der Waals surface area (Å²) in [5, 5.41) is 7.17. The fourth-order valence-corrected chi connectivity index (χ4v) is 2.21. The van der Waals surface area contributed by atoms with Crippen LogP contribution < -0.4 is 5.32 Å². The van der Waals surface area contributed by atoms with Crippen molar-refractivity contribution in [2.45, 2.75) is 13.5 Å². The van der Waals surface area contributed by atoms with Gasteiger partial charge < -0.3 is 5.32 Å². The Balaban J connectivity index is 2.14. The predicted molar refractivity (Wildman–Crippen MR) is 65.0 cm³/mol. The Labute approximate surface area is 106 Å². The van der Waals surface area contributed by atoms with E-state index >= 15 is 0 Å². The maximum absolute atomic E-state index is 11.6. The van der Waals surface area contributed by atoms with Crippen LogP contribution in [0.15, 0.2) is 22.9 Å². The van der Waals surface area contributed by atoms with Gasteiger partial charge in [-0.2, -0.15) is 5.10 Å². The van der Waals surface area contributed by atoms with Crippen LogP contribution in [0.5, 0.6) is 0 Å². The van der Waals surface area contributed by atoms with Crippen molar-refractivity contribution in [3.05, 3.63) is 39.9 Å². The van der Waals surface area contributed by atoms with Crippen molar-refractivity contribution in [3.8, 4) is 5.69 Å². The van der Waals surface area contributed by atoms with Crippen molar-refractivity contribution in [2.75, 3.05) is 0 Å². The van der Waals surface area contributed by atoms with E-state index in [0.717, 1.165) is 21.7 Å². The average Bonchev–Trinajstić information content (AvgIpc) is 2.83. The normalized spacial score (nSPS) is 13.6. The molecule has 0 atom stereocenters. The summed E-state index contributed by atoms with van der Waals surface area (Å²) < 4.78 is 2.53. The summed E-state index contributed by atoms with van der Waals surface area (Å²) in [5.74, 6) is -0.0474. The van der Waals surface area contributed by atoms with Gasteiger partial charge in [0.1, 0.15) is 4.60 Å². The van der Waals surface area contributed by atoms with Crippen LogP contribution in [0.1, 0.15) is 21.7 Å². The minimum Gasteiger partial charge on any atom is -0.346 e. The highest BCUT2D eigenvalue weighted by Crippen LogP contribution is 2.21. The van der Waals surface area contributed by atoms with Crippen LogP contribution in [0.2, 0.25) is 0 Å². The first-order valence-corrected chi connectivity index (χ1v) is 5.95. The van der Waals surface area contributed by atoms with Crippen LogP contribution in [0.3, 0.4) is 0 Å². The molecular weight excluding hydrogens is 284 g/mol. The molecule has 1 aliphatic heterocycles. The number of carbonyl (C=O) groups excluding carboxylic acids is 1. The molecule has 1 aliphatic rings. The van der Waals surface area contributed by atoms with Crippen LogP contribution in [-0.2, 0) is 6.54 Å². The highest BCUT2D eigenvalue weighted by molar-refractivity contribution is 9.10. The van der Waals surface area contributed by atoms with E-state index < -0.39 is 0 Å². The molecule has 2 aromatic heterocycles. The molecule has 0 aromatic carbocycles. The van der Waals surface area contributed by atoms with Crippen molar-refractivity contribution < 1.29 is 4.79 Å². The second-order valence-corrected chi connectivity index (χ2v) is 4.65. The average molecular weight is 293 g/mol. The van der Waals surface area contributed by atoms with E-state index in [0.29, 0.717) is 12.1 Å². The Morgan fingerprint density at radius 2 is 2.29 bits per heavy atom. The Kier molecular flexibility index (Phi) is 2.25. The minimum absolute atomic E-state index is 0.0474. The summed E-state index contributed by atoms with van der Waals surface area (Å²) in [6, 6.07) is 3.76. The van der Waals surface area contributed by atoms with Crippen LogP contribution in [-0.4, -0.2) is 20.7 Å². The smallest absolute Gasteiger partial charge is 0.255 e. The van der Waals surface area contributed by atoms with Crippen molar-refractivity contribution >= 4 is 21.8 Å². The standard InChI is InChI=1S/C11H9BrN4O/c1-6-10-8(5-14-11(10)17)15-16(6)7-2-3-9(12)13-4-7/h2-4H,5H2,1H3,(H,14,17). The second kappa shape index (κ2) is 3.66. The number of pyridine rings is 1. The molecule has 5 nitrogen and oxygen atoms in total. The number of amides is 1. The second-order valence-electron chi connectivity index (χ2n) is 3.84. The molecule has 0 unspecified atom stereocenters. The SMILES string of the molecule is Cc1c2c(nn1-c1ccc(Br)nc1)CNC2=O. The molecule has 17 heavy (non-hydrogen) atoms. The van der Waals surface area contributed by atoms with Gasteiger partial charge in [-0.15, -0.1) is 0 Å². The molecule has 1 N–H and O–H groups in total. The summed E-state index contributed by atoms with van der Waals surface area (Å²) in [7, 11) is 0. The van der Waals surface area contributed by atoms with Gasteiger partial charge in [-0.05, 0) is 35.0 Å². The first-order valence-electron chi connectivity index (χ1n) is 5.15. The van der Waals surface area contributed by atoms with Crippen LogP contribution in [0.25, 0.3) is 5.69 Å². The number of nitrogens with one attached hydrogen (secondary N) is 1. The van der Waals surface area contributed by atoms with E-state index in [9.17, 15) is 4.79 Å². The van der Waals surface area contributed by atoms with E-state index in [1.54, 1.807) is 10.9 Å². The molecule has 0 spiro atoms. The van der Waals surface area contributed by atoms with Crippen molar-refractivity contribution in [1.29, 1.82) is 0 Å². The summed E-state index contributed by atoms with van der Waals surface area (Å²) in [4.78, 5) is 15.8. The maximum atomic E-state index is 11.6. The molecule has 2 aromatic rings. The van der Waals surface area contributed by atoms with Gasteiger partial charge in [-0.3, -0.25) is 4.79 Å². The quantitative estimate of drug-likeness (QED) is 0.812. The van der Waals surface area contributed by atoms with Crippen molar-refractivity contribution in [1.82, 2.24) is 20.1 Å². The van der Waals surface area contributed by atoms with Crippen LogP contribution in [0, 0.1) is 6.92 Å². The zero-order chi connectivity index (χ0) is 12.0. The number of nitrogens with zero attached hydrogens (tertiary/aromatic N) is 3. The molecule has 0 aliphatic carbocycles. The molecule has 0 bridgehead atoms. The molecule has 86 valence electrons. The minimum atomic E-state index is -0.0474.